The van der Waals surface area contributed by atoms with Crippen LogP contribution in [0.2, 0.25) is 0 Å². The van der Waals surface area contributed by atoms with E-state index in [2.05, 4.69) is 0 Å². The summed E-state index contributed by atoms with van der Waals surface area (Å²) in [5.41, 5.74) is -8.65. The van der Waals surface area contributed by atoms with E-state index in [1.165, 1.54) is 0 Å². The topological polar surface area (TPSA) is 74.8 Å². The highest BCUT2D eigenvalue weighted by Crippen LogP contribution is 2.55. The van der Waals surface area contributed by atoms with Crippen LogP contribution in [0, 0.1) is 0 Å². The minimum atomic E-state index is -6.39. The lowest BCUT2D eigenvalue weighted by atomic mass is 9.80. The maximum Gasteiger partial charge on any atom is 0.457 e. The SMILES string of the molecule is CCCN1C(=O)c2ccc(C(F)(c3ccc4c(c3)C(=O)N(CCC)C4=O)C(F)(F)C(F)(F)F)cc2C1=O. The summed E-state index contributed by atoms with van der Waals surface area (Å²) < 4.78 is 87.3. The second-order valence-corrected chi connectivity index (χ2v) is 8.78. The zero-order chi connectivity index (χ0) is 27.5. The number of carbonyl (C=O) groups is 4. The Morgan fingerprint density at radius 1 is 0.595 bits per heavy atom. The molecule has 2 aromatic carbocycles. The van der Waals surface area contributed by atoms with Crippen molar-refractivity contribution in [3.8, 4) is 0 Å². The van der Waals surface area contributed by atoms with Gasteiger partial charge >= 0.3 is 12.1 Å². The van der Waals surface area contributed by atoms with Gasteiger partial charge in [-0.2, -0.15) is 22.0 Å². The molecule has 2 heterocycles. The van der Waals surface area contributed by atoms with Crippen molar-refractivity contribution in [2.75, 3.05) is 13.1 Å². The van der Waals surface area contributed by atoms with Gasteiger partial charge in [0.15, 0.2) is 0 Å². The molecule has 0 radical (unpaired) electrons. The van der Waals surface area contributed by atoms with E-state index in [1.807, 2.05) is 0 Å². The summed E-state index contributed by atoms with van der Waals surface area (Å²) in [5.74, 6) is -9.50. The zero-order valence-corrected chi connectivity index (χ0v) is 19.6. The van der Waals surface area contributed by atoms with E-state index in [9.17, 15) is 41.1 Å². The Labute approximate surface area is 206 Å². The van der Waals surface area contributed by atoms with Gasteiger partial charge in [0.1, 0.15) is 0 Å². The van der Waals surface area contributed by atoms with E-state index in [4.69, 9.17) is 0 Å². The molecule has 0 saturated carbocycles. The van der Waals surface area contributed by atoms with Gasteiger partial charge in [0.25, 0.3) is 23.6 Å². The molecule has 0 unspecified atom stereocenters. The fourth-order valence-electron chi connectivity index (χ4n) is 4.59. The second-order valence-electron chi connectivity index (χ2n) is 8.78. The molecule has 4 amide bonds. The molecule has 12 heteroatoms. The number of imide groups is 2. The van der Waals surface area contributed by atoms with E-state index in [1.54, 1.807) is 13.8 Å². The normalized spacial score (nSPS) is 16.1. The van der Waals surface area contributed by atoms with Crippen molar-refractivity contribution in [3.63, 3.8) is 0 Å². The van der Waals surface area contributed by atoms with Crippen LogP contribution in [-0.2, 0) is 5.67 Å². The first kappa shape index (κ1) is 26.4. The Hall–Kier alpha value is -3.70. The summed E-state index contributed by atoms with van der Waals surface area (Å²) in [4.78, 5) is 51.9. The van der Waals surface area contributed by atoms with Gasteiger partial charge in [0, 0.05) is 24.2 Å². The number of benzene rings is 2. The molecule has 2 aromatic rings. The fraction of sp³-hybridized carbons (Fsp3) is 0.360. The van der Waals surface area contributed by atoms with E-state index in [0.717, 1.165) is 21.9 Å². The molecule has 0 atom stereocenters. The molecule has 4 rings (SSSR count). The van der Waals surface area contributed by atoms with Gasteiger partial charge in [-0.25, -0.2) is 4.39 Å². The monoisotopic (exact) mass is 526 g/mol. The Bertz CT molecular complexity index is 1250. The summed E-state index contributed by atoms with van der Waals surface area (Å²) in [6, 6.07) is 3.84. The Morgan fingerprint density at radius 2 is 0.946 bits per heavy atom. The largest absolute Gasteiger partial charge is 0.457 e. The van der Waals surface area contributed by atoms with E-state index in [-0.39, 0.29) is 24.2 Å². The molecule has 0 saturated heterocycles. The first-order valence-corrected chi connectivity index (χ1v) is 11.4. The summed E-state index contributed by atoms with van der Waals surface area (Å²) >= 11 is 0. The first-order chi connectivity index (χ1) is 17.2. The van der Waals surface area contributed by atoms with Crippen molar-refractivity contribution in [2.45, 2.75) is 44.5 Å². The van der Waals surface area contributed by atoms with Crippen LogP contribution >= 0.6 is 0 Å². The van der Waals surface area contributed by atoms with E-state index < -0.39 is 63.7 Å². The van der Waals surface area contributed by atoms with E-state index in [0.29, 0.717) is 37.1 Å². The predicted molar refractivity (Wildman–Crippen MR) is 117 cm³/mol. The molecule has 0 aromatic heterocycles. The first-order valence-electron chi connectivity index (χ1n) is 11.4. The summed E-state index contributed by atoms with van der Waals surface area (Å²) in [5, 5.41) is 0. The third-order valence-corrected chi connectivity index (χ3v) is 6.42. The second kappa shape index (κ2) is 8.70. The van der Waals surface area contributed by atoms with Gasteiger partial charge in [0.05, 0.1) is 22.3 Å². The molecule has 0 spiro atoms. The summed E-state index contributed by atoms with van der Waals surface area (Å²) in [6.07, 6.45) is -5.68. The number of alkyl halides is 6. The van der Waals surface area contributed by atoms with Crippen molar-refractivity contribution >= 4 is 23.6 Å². The molecule has 196 valence electrons. The Morgan fingerprint density at radius 3 is 1.27 bits per heavy atom. The molecule has 6 nitrogen and oxygen atoms in total. The third kappa shape index (κ3) is 3.64. The summed E-state index contributed by atoms with van der Waals surface area (Å²) in [6.45, 7) is 3.26. The molecule has 0 fully saturated rings. The number of rotatable bonds is 7. The van der Waals surface area contributed by atoms with E-state index >= 15 is 4.39 Å². The van der Waals surface area contributed by atoms with Crippen molar-refractivity contribution in [3.05, 3.63) is 69.8 Å². The molecule has 2 aliphatic rings. The molecule has 2 aliphatic heterocycles. The van der Waals surface area contributed by atoms with Crippen molar-refractivity contribution in [2.24, 2.45) is 0 Å². The minimum absolute atomic E-state index is 0.0314. The van der Waals surface area contributed by atoms with Crippen LogP contribution in [0.3, 0.4) is 0 Å². The van der Waals surface area contributed by atoms with Crippen LogP contribution in [0.15, 0.2) is 36.4 Å². The number of carbonyl (C=O) groups excluding carboxylic acids is 4. The maximum absolute atomic E-state index is 16.5. The lowest BCUT2D eigenvalue weighted by Crippen LogP contribution is -2.53. The lowest BCUT2D eigenvalue weighted by molar-refractivity contribution is -0.323. The van der Waals surface area contributed by atoms with Gasteiger partial charge in [-0.1, -0.05) is 26.0 Å². The van der Waals surface area contributed by atoms with Crippen LogP contribution in [0.1, 0.15) is 79.2 Å². The number of nitrogens with zero attached hydrogens (tertiary/aromatic N) is 2. The quantitative estimate of drug-likeness (QED) is 0.371. The smallest absolute Gasteiger partial charge is 0.274 e. The number of fused-ring (bicyclic) bond motifs is 2. The fourth-order valence-corrected chi connectivity index (χ4v) is 4.59. The number of halogens is 6. The van der Waals surface area contributed by atoms with Gasteiger partial charge in [-0.3, -0.25) is 29.0 Å². The molecular formula is C25H20F6N2O4. The zero-order valence-electron chi connectivity index (χ0n) is 19.6. The van der Waals surface area contributed by atoms with Crippen LogP contribution < -0.4 is 0 Å². The standard InChI is InChI=1S/C25H20F6N2O4/c1-3-9-32-19(34)15-7-5-13(11-17(15)21(32)36)23(26,24(27,28)25(29,30)31)14-6-8-16-18(12-14)22(37)33(10-4-2)20(16)35/h5-8,11-12H,3-4,9-10H2,1-2H3. The average Bonchev–Trinajstić information content (AvgIpc) is 3.23. The van der Waals surface area contributed by atoms with Crippen LogP contribution in [0.5, 0.6) is 0 Å². The Kier molecular flexibility index (Phi) is 6.20. The number of hydrogen-bond acceptors (Lipinski definition) is 4. The lowest BCUT2D eigenvalue weighted by Gasteiger charge is -2.35. The predicted octanol–water partition coefficient (Wildman–Crippen LogP) is 5.11. The van der Waals surface area contributed by atoms with Gasteiger partial charge < -0.3 is 0 Å². The maximum atomic E-state index is 16.5. The number of amides is 4. The highest BCUT2D eigenvalue weighted by atomic mass is 19.4. The van der Waals surface area contributed by atoms with Crippen LogP contribution in [0.4, 0.5) is 26.3 Å². The molecule has 0 N–H and O–H groups in total. The summed E-state index contributed by atoms with van der Waals surface area (Å²) in [7, 11) is 0. The van der Waals surface area contributed by atoms with Crippen molar-refractivity contribution in [1.29, 1.82) is 0 Å². The number of hydrogen-bond donors (Lipinski definition) is 0. The Balaban J connectivity index is 1.93. The van der Waals surface area contributed by atoms with Gasteiger partial charge in [0.2, 0.25) is 5.67 Å². The molecule has 37 heavy (non-hydrogen) atoms. The van der Waals surface area contributed by atoms with Gasteiger partial charge in [-0.15, -0.1) is 0 Å². The van der Waals surface area contributed by atoms with Crippen LogP contribution in [0.25, 0.3) is 0 Å². The third-order valence-electron chi connectivity index (χ3n) is 6.42. The average molecular weight is 526 g/mol. The minimum Gasteiger partial charge on any atom is -0.274 e. The van der Waals surface area contributed by atoms with Crippen molar-refractivity contribution < 1.29 is 45.5 Å². The highest BCUT2D eigenvalue weighted by molar-refractivity contribution is 6.22. The van der Waals surface area contributed by atoms with Gasteiger partial charge in [-0.05, 0) is 37.1 Å². The molecule has 0 aliphatic carbocycles. The van der Waals surface area contributed by atoms with Crippen LogP contribution in [-0.4, -0.2) is 58.6 Å². The highest BCUT2D eigenvalue weighted by Gasteiger charge is 2.73. The molecule has 0 bridgehead atoms. The molecular weight excluding hydrogens is 506 g/mol. The van der Waals surface area contributed by atoms with Crippen molar-refractivity contribution in [1.82, 2.24) is 9.80 Å².